The molecule has 4 aromatic rings. The summed E-state index contributed by atoms with van der Waals surface area (Å²) in [6.07, 6.45) is 0. The third-order valence-corrected chi connectivity index (χ3v) is 5.65. The predicted octanol–water partition coefficient (Wildman–Crippen LogP) is 5.24. The minimum Gasteiger partial charge on any atom is -0.492 e. The van der Waals surface area contributed by atoms with E-state index in [-0.39, 0.29) is 5.91 Å². The van der Waals surface area contributed by atoms with Crippen LogP contribution >= 0.6 is 11.3 Å². The van der Waals surface area contributed by atoms with E-state index in [4.69, 9.17) is 4.74 Å². The Morgan fingerprint density at radius 3 is 2.76 bits per heavy atom. The Kier molecular flexibility index (Phi) is 5.31. The van der Waals surface area contributed by atoms with E-state index in [1.54, 1.807) is 0 Å². The van der Waals surface area contributed by atoms with Crippen LogP contribution in [0.1, 0.15) is 27.9 Å². The van der Waals surface area contributed by atoms with Gasteiger partial charge in [-0.15, -0.1) is 11.3 Å². The van der Waals surface area contributed by atoms with Crippen molar-refractivity contribution < 1.29 is 13.9 Å². The summed E-state index contributed by atoms with van der Waals surface area (Å²) in [6.45, 7) is 4.76. The van der Waals surface area contributed by atoms with Crippen molar-refractivity contribution in [3.8, 4) is 5.75 Å². The van der Waals surface area contributed by atoms with Gasteiger partial charge >= 0.3 is 0 Å². The smallest absolute Gasteiger partial charge is 0.265 e. The van der Waals surface area contributed by atoms with Crippen LogP contribution in [-0.2, 0) is 6.54 Å². The van der Waals surface area contributed by atoms with E-state index in [0.29, 0.717) is 29.5 Å². The zero-order valence-electron chi connectivity index (χ0n) is 16.1. The zero-order chi connectivity index (χ0) is 20.4. The maximum absolute atomic E-state index is 13.5. The Balaban J connectivity index is 1.61. The monoisotopic (exact) mass is 409 g/mol. The van der Waals surface area contributed by atoms with Gasteiger partial charge in [0.15, 0.2) is 0 Å². The van der Waals surface area contributed by atoms with Crippen LogP contribution in [0.5, 0.6) is 5.75 Å². The normalized spacial score (nSPS) is 11.0. The number of rotatable bonds is 6. The highest BCUT2D eigenvalue weighted by Crippen LogP contribution is 2.31. The standard InChI is InChI=1S/C22H20FN3O2S/c1-3-28-19-11-16(23)9-10-18(19)24-21(27)20-12-17-14(2)25-26(22(17)29-20)13-15-7-5-4-6-8-15/h4-12H,3,13H2,1-2H3,(H,24,27). The van der Waals surface area contributed by atoms with Crippen molar-refractivity contribution in [1.82, 2.24) is 9.78 Å². The van der Waals surface area contributed by atoms with Crippen molar-refractivity contribution in [2.45, 2.75) is 20.4 Å². The van der Waals surface area contributed by atoms with Gasteiger partial charge in [0.25, 0.3) is 5.91 Å². The Hall–Kier alpha value is -3.19. The van der Waals surface area contributed by atoms with Gasteiger partial charge in [0.05, 0.1) is 29.4 Å². The number of benzene rings is 2. The van der Waals surface area contributed by atoms with E-state index in [9.17, 15) is 9.18 Å². The first-order valence-electron chi connectivity index (χ1n) is 9.29. The van der Waals surface area contributed by atoms with Crippen molar-refractivity contribution in [1.29, 1.82) is 0 Å². The quantitative estimate of drug-likeness (QED) is 0.474. The van der Waals surface area contributed by atoms with E-state index < -0.39 is 5.82 Å². The summed E-state index contributed by atoms with van der Waals surface area (Å²) in [5.41, 5.74) is 2.46. The molecule has 4 rings (SSSR count). The molecule has 0 bridgehead atoms. The fraction of sp³-hybridized carbons (Fsp3) is 0.182. The second-order valence-electron chi connectivity index (χ2n) is 6.59. The summed E-state index contributed by atoms with van der Waals surface area (Å²) in [6, 6.07) is 16.0. The summed E-state index contributed by atoms with van der Waals surface area (Å²) in [4.78, 5) is 14.3. The SMILES string of the molecule is CCOc1cc(F)ccc1NC(=O)c1cc2c(C)nn(Cc3ccccc3)c2s1. The number of nitrogens with one attached hydrogen (secondary N) is 1. The van der Waals surface area contributed by atoms with Crippen molar-refractivity contribution in [3.63, 3.8) is 0 Å². The van der Waals surface area contributed by atoms with Gasteiger partial charge < -0.3 is 10.1 Å². The summed E-state index contributed by atoms with van der Waals surface area (Å²) < 4.78 is 20.9. The van der Waals surface area contributed by atoms with E-state index in [2.05, 4.69) is 10.4 Å². The lowest BCUT2D eigenvalue weighted by Crippen LogP contribution is -2.11. The van der Waals surface area contributed by atoms with Crippen LogP contribution in [0.3, 0.4) is 0 Å². The molecule has 148 valence electrons. The summed E-state index contributed by atoms with van der Waals surface area (Å²) >= 11 is 1.39. The van der Waals surface area contributed by atoms with Crippen molar-refractivity contribution >= 4 is 33.1 Å². The molecular formula is C22H20FN3O2S. The Morgan fingerprint density at radius 2 is 2.00 bits per heavy atom. The van der Waals surface area contributed by atoms with E-state index >= 15 is 0 Å². The van der Waals surface area contributed by atoms with Gasteiger partial charge in [0.2, 0.25) is 0 Å². The van der Waals surface area contributed by atoms with Crippen LogP contribution in [0.15, 0.2) is 54.6 Å². The van der Waals surface area contributed by atoms with Crippen LogP contribution < -0.4 is 10.1 Å². The third-order valence-electron chi connectivity index (χ3n) is 4.50. The first-order chi connectivity index (χ1) is 14.0. The molecule has 1 amide bonds. The number of aryl methyl sites for hydroxylation is 1. The maximum Gasteiger partial charge on any atom is 0.265 e. The molecule has 1 N–H and O–H groups in total. The molecule has 2 aromatic carbocycles. The van der Waals surface area contributed by atoms with Gasteiger partial charge in [-0.3, -0.25) is 9.48 Å². The topological polar surface area (TPSA) is 56.1 Å². The van der Waals surface area contributed by atoms with Crippen LogP contribution in [-0.4, -0.2) is 22.3 Å². The second-order valence-corrected chi connectivity index (χ2v) is 7.62. The number of hydrogen-bond donors (Lipinski definition) is 1. The maximum atomic E-state index is 13.5. The fourth-order valence-electron chi connectivity index (χ4n) is 3.15. The lowest BCUT2D eigenvalue weighted by molar-refractivity contribution is 0.103. The van der Waals surface area contributed by atoms with Crippen LogP contribution in [0.25, 0.3) is 10.2 Å². The molecule has 0 aliphatic heterocycles. The number of aromatic nitrogens is 2. The lowest BCUT2D eigenvalue weighted by Gasteiger charge is -2.11. The first-order valence-corrected chi connectivity index (χ1v) is 10.1. The number of amides is 1. The molecule has 0 saturated carbocycles. The molecule has 5 nitrogen and oxygen atoms in total. The molecule has 29 heavy (non-hydrogen) atoms. The number of ether oxygens (including phenoxy) is 1. The van der Waals surface area contributed by atoms with Gasteiger partial charge in [-0.25, -0.2) is 4.39 Å². The fourth-order valence-corrected chi connectivity index (χ4v) is 4.20. The van der Waals surface area contributed by atoms with Crippen molar-refractivity contribution in [2.75, 3.05) is 11.9 Å². The van der Waals surface area contributed by atoms with E-state index in [1.165, 1.54) is 29.5 Å². The Labute approximate surface area is 171 Å². The number of thiophene rings is 1. The molecule has 2 aromatic heterocycles. The summed E-state index contributed by atoms with van der Waals surface area (Å²) in [7, 11) is 0. The predicted molar refractivity (Wildman–Crippen MR) is 113 cm³/mol. The number of fused-ring (bicyclic) bond motifs is 1. The van der Waals surface area contributed by atoms with E-state index in [0.717, 1.165) is 21.5 Å². The third kappa shape index (κ3) is 4.00. The minimum absolute atomic E-state index is 0.260. The highest BCUT2D eigenvalue weighted by Gasteiger charge is 2.18. The molecule has 0 atom stereocenters. The second kappa shape index (κ2) is 8.05. The van der Waals surface area contributed by atoms with Crippen LogP contribution in [0.2, 0.25) is 0 Å². The van der Waals surface area contributed by atoms with Gasteiger partial charge in [-0.2, -0.15) is 5.10 Å². The molecule has 0 fully saturated rings. The van der Waals surface area contributed by atoms with Gasteiger partial charge in [-0.05, 0) is 37.6 Å². The van der Waals surface area contributed by atoms with Crippen LogP contribution in [0.4, 0.5) is 10.1 Å². The lowest BCUT2D eigenvalue weighted by atomic mass is 10.2. The highest BCUT2D eigenvalue weighted by atomic mass is 32.1. The van der Waals surface area contributed by atoms with Gasteiger partial charge in [0.1, 0.15) is 16.4 Å². The molecule has 0 unspecified atom stereocenters. The molecule has 2 heterocycles. The van der Waals surface area contributed by atoms with Gasteiger partial charge in [0, 0.05) is 11.5 Å². The molecule has 0 aliphatic rings. The molecule has 0 radical (unpaired) electrons. The van der Waals surface area contributed by atoms with Crippen molar-refractivity contribution in [2.24, 2.45) is 0 Å². The zero-order valence-corrected chi connectivity index (χ0v) is 16.9. The average molecular weight is 409 g/mol. The minimum atomic E-state index is -0.412. The number of anilines is 1. The Bertz CT molecular complexity index is 1170. The Morgan fingerprint density at radius 1 is 1.21 bits per heavy atom. The highest BCUT2D eigenvalue weighted by molar-refractivity contribution is 7.20. The molecule has 0 spiro atoms. The number of halogens is 1. The molecule has 7 heteroatoms. The molecular weight excluding hydrogens is 389 g/mol. The number of hydrogen-bond acceptors (Lipinski definition) is 4. The largest absolute Gasteiger partial charge is 0.492 e. The van der Waals surface area contributed by atoms with Crippen molar-refractivity contribution in [3.05, 3.63) is 76.5 Å². The first kappa shape index (κ1) is 19.1. The molecule has 0 saturated heterocycles. The summed E-state index contributed by atoms with van der Waals surface area (Å²) in [5, 5.41) is 8.40. The van der Waals surface area contributed by atoms with Crippen LogP contribution in [0, 0.1) is 12.7 Å². The van der Waals surface area contributed by atoms with Gasteiger partial charge in [-0.1, -0.05) is 30.3 Å². The molecule has 0 aliphatic carbocycles. The summed E-state index contributed by atoms with van der Waals surface area (Å²) in [5.74, 6) is -0.359. The number of nitrogens with zero attached hydrogens (tertiary/aromatic N) is 2. The average Bonchev–Trinajstić information content (AvgIpc) is 3.27. The number of carbonyl (C=O) groups excluding carboxylic acids is 1. The van der Waals surface area contributed by atoms with E-state index in [1.807, 2.05) is 54.9 Å². The number of carbonyl (C=O) groups is 1.